The molecule has 8 heteroatoms. The van der Waals surface area contributed by atoms with Crippen LogP contribution in [0.3, 0.4) is 0 Å². The molecule has 1 atom stereocenters. The maximum Gasteiger partial charge on any atom is 0.268 e. The summed E-state index contributed by atoms with van der Waals surface area (Å²) in [6.45, 7) is 5.25. The number of carbonyl (C=O) groups is 1. The number of pyridine rings is 1. The summed E-state index contributed by atoms with van der Waals surface area (Å²) in [5, 5.41) is 3.33. The second-order valence-electron chi connectivity index (χ2n) is 6.90. The molecule has 0 saturated carbocycles. The second-order valence-corrected chi connectivity index (χ2v) is 6.90. The van der Waals surface area contributed by atoms with E-state index >= 15 is 0 Å². The Hall–Kier alpha value is -2.71. The van der Waals surface area contributed by atoms with Gasteiger partial charge in [-0.2, -0.15) is 0 Å². The fraction of sp³-hybridized carbons (Fsp3) is 0.450. The van der Waals surface area contributed by atoms with Crippen molar-refractivity contribution in [1.29, 1.82) is 0 Å². The normalized spacial score (nSPS) is 12.6. The number of hydrogen-bond donors (Lipinski definition) is 1. The average molecular weight is 386 g/mol. The number of nitrogens with one attached hydrogen (secondary N) is 1. The van der Waals surface area contributed by atoms with Crippen LogP contribution in [0.1, 0.15) is 29.4 Å². The lowest BCUT2D eigenvalue weighted by Gasteiger charge is -2.14. The minimum atomic E-state index is -0.259. The van der Waals surface area contributed by atoms with Crippen LogP contribution in [-0.4, -0.2) is 53.3 Å². The smallest absolute Gasteiger partial charge is 0.268 e. The van der Waals surface area contributed by atoms with Gasteiger partial charge in [-0.15, -0.1) is 0 Å². The van der Waals surface area contributed by atoms with Crippen molar-refractivity contribution in [3.05, 3.63) is 46.0 Å². The van der Waals surface area contributed by atoms with Gasteiger partial charge in [0.2, 0.25) is 0 Å². The molecule has 8 nitrogen and oxygen atoms in total. The summed E-state index contributed by atoms with van der Waals surface area (Å²) in [6, 6.07) is 5.19. The molecule has 1 amide bonds. The Balaban J connectivity index is 2.16. The van der Waals surface area contributed by atoms with E-state index < -0.39 is 0 Å². The highest BCUT2D eigenvalue weighted by atomic mass is 16.5. The molecule has 3 aromatic rings. The van der Waals surface area contributed by atoms with E-state index in [1.165, 1.54) is 4.40 Å². The van der Waals surface area contributed by atoms with Gasteiger partial charge < -0.3 is 19.4 Å². The van der Waals surface area contributed by atoms with Crippen molar-refractivity contribution in [2.24, 2.45) is 0 Å². The van der Waals surface area contributed by atoms with E-state index in [2.05, 4.69) is 5.32 Å². The van der Waals surface area contributed by atoms with Gasteiger partial charge in [-0.05, 0) is 38.0 Å². The second kappa shape index (κ2) is 8.53. The first-order valence-corrected chi connectivity index (χ1v) is 9.28. The molecule has 0 bridgehead atoms. The molecule has 0 aliphatic carbocycles. The average Bonchev–Trinajstić information content (AvgIpc) is 3.02. The molecule has 3 rings (SSSR count). The molecule has 3 aromatic heterocycles. The van der Waals surface area contributed by atoms with Crippen LogP contribution in [0.5, 0.6) is 0 Å². The van der Waals surface area contributed by atoms with Crippen LogP contribution >= 0.6 is 0 Å². The van der Waals surface area contributed by atoms with Crippen molar-refractivity contribution >= 4 is 22.6 Å². The number of methoxy groups -OCH3 is 2. The van der Waals surface area contributed by atoms with Crippen LogP contribution in [0.4, 0.5) is 0 Å². The maximum absolute atomic E-state index is 13.0. The Bertz CT molecular complexity index is 1050. The number of ether oxygens (including phenoxy) is 2. The van der Waals surface area contributed by atoms with Gasteiger partial charge in [0.15, 0.2) is 0 Å². The molecule has 0 saturated heterocycles. The minimum absolute atomic E-state index is 0.154. The monoisotopic (exact) mass is 386 g/mol. The lowest BCUT2D eigenvalue weighted by Crippen LogP contribution is -2.36. The van der Waals surface area contributed by atoms with E-state index in [0.717, 1.165) is 5.56 Å². The number of aromatic nitrogens is 3. The molecular weight excluding hydrogens is 360 g/mol. The third kappa shape index (κ3) is 3.79. The summed E-state index contributed by atoms with van der Waals surface area (Å²) in [5.74, 6) is -0.259. The molecular formula is C20H26N4O4. The number of rotatable bonds is 8. The molecule has 0 aliphatic rings. The van der Waals surface area contributed by atoms with Gasteiger partial charge >= 0.3 is 0 Å². The van der Waals surface area contributed by atoms with Crippen LogP contribution in [0.25, 0.3) is 16.7 Å². The number of hydrogen-bond acceptors (Lipinski definition) is 5. The third-order valence-corrected chi connectivity index (χ3v) is 4.65. The third-order valence-electron chi connectivity index (χ3n) is 4.65. The zero-order valence-electron chi connectivity index (χ0n) is 16.7. The largest absolute Gasteiger partial charge is 0.385 e. The van der Waals surface area contributed by atoms with Crippen molar-refractivity contribution in [3.8, 4) is 0 Å². The van der Waals surface area contributed by atoms with Crippen molar-refractivity contribution in [3.63, 3.8) is 0 Å². The van der Waals surface area contributed by atoms with Crippen molar-refractivity contribution in [2.75, 3.05) is 27.4 Å². The lowest BCUT2D eigenvalue weighted by atomic mass is 10.2. The van der Waals surface area contributed by atoms with Crippen LogP contribution in [0.2, 0.25) is 0 Å². The summed E-state index contributed by atoms with van der Waals surface area (Å²) in [6.07, 6.45) is 2.39. The molecule has 28 heavy (non-hydrogen) atoms. The van der Waals surface area contributed by atoms with Gasteiger partial charge in [-0.1, -0.05) is 6.07 Å². The van der Waals surface area contributed by atoms with Crippen LogP contribution in [0.15, 0.2) is 29.2 Å². The van der Waals surface area contributed by atoms with Crippen LogP contribution < -0.4 is 10.9 Å². The van der Waals surface area contributed by atoms with Crippen molar-refractivity contribution in [2.45, 2.75) is 32.9 Å². The SMILES string of the molecule is COCCCn1c(C(=O)N[C@@H](C)COC)cc2c(=O)n3cccc(C)c3nc21. The van der Waals surface area contributed by atoms with Crippen molar-refractivity contribution < 1.29 is 14.3 Å². The predicted octanol–water partition coefficient (Wildman–Crippen LogP) is 1.76. The van der Waals surface area contributed by atoms with E-state index in [1.54, 1.807) is 31.0 Å². The number of fused-ring (bicyclic) bond motifs is 2. The highest BCUT2D eigenvalue weighted by Crippen LogP contribution is 2.18. The van der Waals surface area contributed by atoms with Gasteiger partial charge in [0.25, 0.3) is 11.5 Å². The summed E-state index contributed by atoms with van der Waals surface area (Å²) in [7, 11) is 3.22. The fourth-order valence-corrected chi connectivity index (χ4v) is 3.33. The molecule has 0 unspecified atom stereocenters. The Morgan fingerprint density at radius 3 is 2.79 bits per heavy atom. The highest BCUT2D eigenvalue weighted by molar-refractivity contribution is 5.98. The highest BCUT2D eigenvalue weighted by Gasteiger charge is 2.21. The number of aryl methyl sites for hydroxylation is 2. The van der Waals surface area contributed by atoms with Gasteiger partial charge in [-0.3, -0.25) is 14.0 Å². The first kappa shape index (κ1) is 20.0. The zero-order valence-corrected chi connectivity index (χ0v) is 16.7. The molecule has 0 spiro atoms. The van der Waals surface area contributed by atoms with Gasteiger partial charge in [0.1, 0.15) is 17.0 Å². The summed E-state index contributed by atoms with van der Waals surface area (Å²) in [4.78, 5) is 30.6. The standard InChI is InChI=1S/C20H26N4O4/c1-13-7-5-8-24-17(13)22-18-15(20(24)26)11-16(23(18)9-6-10-27-3)19(25)21-14(2)12-28-4/h5,7-8,11,14H,6,9-10,12H2,1-4H3,(H,21,25)/t14-/m0/s1. The van der Waals surface area contributed by atoms with Crippen LogP contribution in [0, 0.1) is 6.92 Å². The Kier molecular flexibility index (Phi) is 6.11. The van der Waals surface area contributed by atoms with E-state index in [0.29, 0.717) is 48.6 Å². The molecule has 0 aliphatic heterocycles. The zero-order chi connectivity index (χ0) is 20.3. The predicted molar refractivity (Wildman–Crippen MR) is 107 cm³/mol. The van der Waals surface area contributed by atoms with Gasteiger partial charge in [0.05, 0.1) is 12.0 Å². The van der Waals surface area contributed by atoms with E-state index in [1.807, 2.05) is 26.0 Å². The molecule has 1 N–H and O–H groups in total. The molecule has 3 heterocycles. The van der Waals surface area contributed by atoms with Gasteiger partial charge in [-0.25, -0.2) is 4.98 Å². The summed E-state index contributed by atoms with van der Waals surface area (Å²) in [5.41, 5.74) is 2.22. The number of carbonyl (C=O) groups excluding carboxylic acids is 1. The lowest BCUT2D eigenvalue weighted by molar-refractivity contribution is 0.0895. The first-order chi connectivity index (χ1) is 13.5. The number of amides is 1. The molecule has 150 valence electrons. The van der Waals surface area contributed by atoms with E-state index in [-0.39, 0.29) is 17.5 Å². The summed E-state index contributed by atoms with van der Waals surface area (Å²) < 4.78 is 13.6. The van der Waals surface area contributed by atoms with Gasteiger partial charge in [0, 0.05) is 39.6 Å². The fourth-order valence-electron chi connectivity index (χ4n) is 3.33. The number of nitrogens with zero attached hydrogens (tertiary/aromatic N) is 3. The Labute approximate surface area is 163 Å². The van der Waals surface area contributed by atoms with Crippen molar-refractivity contribution in [1.82, 2.24) is 19.3 Å². The topological polar surface area (TPSA) is 86.9 Å². The summed E-state index contributed by atoms with van der Waals surface area (Å²) >= 11 is 0. The quantitative estimate of drug-likeness (QED) is 0.596. The minimum Gasteiger partial charge on any atom is -0.385 e. The molecule has 0 aromatic carbocycles. The van der Waals surface area contributed by atoms with E-state index in [9.17, 15) is 9.59 Å². The Morgan fingerprint density at radius 1 is 1.29 bits per heavy atom. The molecule has 0 radical (unpaired) electrons. The Morgan fingerprint density at radius 2 is 2.07 bits per heavy atom. The van der Waals surface area contributed by atoms with E-state index in [4.69, 9.17) is 14.5 Å². The first-order valence-electron chi connectivity index (χ1n) is 9.28. The maximum atomic E-state index is 13.0. The molecule has 0 fully saturated rings. The van der Waals surface area contributed by atoms with Crippen LogP contribution in [-0.2, 0) is 16.0 Å².